The first-order valence-corrected chi connectivity index (χ1v) is 6.70. The van der Waals surface area contributed by atoms with Crippen LogP contribution in [0.5, 0.6) is 0 Å². The molecule has 2 N–H and O–H groups in total. The first-order chi connectivity index (χ1) is 8.77. The van der Waals surface area contributed by atoms with E-state index in [1.54, 1.807) is 6.07 Å². The quantitative estimate of drug-likeness (QED) is 0.817. The average Bonchev–Trinajstić information content (AvgIpc) is 2.85. The van der Waals surface area contributed by atoms with Gasteiger partial charge in [-0.1, -0.05) is 43.0 Å². The van der Waals surface area contributed by atoms with Crippen LogP contribution in [0.1, 0.15) is 67.1 Å². The molecule has 4 nitrogen and oxygen atoms in total. The van der Waals surface area contributed by atoms with E-state index in [0.29, 0.717) is 0 Å². The molecule has 2 rings (SSSR count). The summed E-state index contributed by atoms with van der Waals surface area (Å²) in [6.45, 7) is 0. The summed E-state index contributed by atoms with van der Waals surface area (Å²) in [5.41, 5.74) is 5.99. The highest BCUT2D eigenvalue weighted by Crippen LogP contribution is 2.25. The number of primary amides is 1. The Hall–Kier alpha value is -1.58. The lowest BCUT2D eigenvalue weighted by Gasteiger charge is -2.11. The Balaban J connectivity index is 2.08. The molecule has 1 unspecified atom stereocenters. The summed E-state index contributed by atoms with van der Waals surface area (Å²) in [5.74, 6) is -0.159. The lowest BCUT2D eigenvalue weighted by atomic mass is 9.94. The van der Waals surface area contributed by atoms with Crippen LogP contribution in [-0.4, -0.2) is 11.1 Å². The molecule has 1 atom stereocenters. The van der Waals surface area contributed by atoms with E-state index in [1.165, 1.54) is 32.1 Å². The SMILES string of the molecule is NC(=O)c1cc(C2C=CCCCCCCC2)no1. The molecule has 0 radical (unpaired) electrons. The fourth-order valence-corrected chi connectivity index (χ4v) is 2.34. The van der Waals surface area contributed by atoms with Crippen molar-refractivity contribution in [2.75, 3.05) is 0 Å². The van der Waals surface area contributed by atoms with Gasteiger partial charge in [-0.25, -0.2) is 0 Å². The van der Waals surface area contributed by atoms with Gasteiger partial charge in [0.05, 0.1) is 5.69 Å². The largest absolute Gasteiger partial charge is 0.363 e. The molecule has 1 aliphatic carbocycles. The maximum atomic E-state index is 11.0. The molecular weight excluding hydrogens is 228 g/mol. The standard InChI is InChI=1S/C14H20N2O2/c15-14(17)13-10-12(16-18-13)11-8-6-4-2-1-3-5-7-9-11/h6,8,10-11H,1-5,7,9H2,(H2,15,17). The molecule has 0 aliphatic heterocycles. The van der Waals surface area contributed by atoms with Gasteiger partial charge in [-0.3, -0.25) is 4.79 Å². The zero-order valence-corrected chi connectivity index (χ0v) is 10.6. The number of hydrogen-bond donors (Lipinski definition) is 1. The van der Waals surface area contributed by atoms with Gasteiger partial charge in [0.2, 0.25) is 5.76 Å². The van der Waals surface area contributed by atoms with Gasteiger partial charge in [-0.2, -0.15) is 0 Å². The lowest BCUT2D eigenvalue weighted by molar-refractivity contribution is 0.0965. The van der Waals surface area contributed by atoms with Crippen LogP contribution < -0.4 is 5.73 Å². The molecule has 1 heterocycles. The monoisotopic (exact) mass is 248 g/mol. The van der Waals surface area contributed by atoms with Crippen LogP contribution in [-0.2, 0) is 0 Å². The molecule has 0 saturated carbocycles. The Morgan fingerprint density at radius 3 is 2.83 bits per heavy atom. The van der Waals surface area contributed by atoms with Gasteiger partial charge in [0, 0.05) is 12.0 Å². The van der Waals surface area contributed by atoms with Crippen molar-refractivity contribution in [1.29, 1.82) is 0 Å². The third-order valence-corrected chi connectivity index (χ3v) is 3.41. The lowest BCUT2D eigenvalue weighted by Crippen LogP contribution is -2.09. The van der Waals surface area contributed by atoms with Crippen LogP contribution in [0, 0.1) is 0 Å². The molecule has 4 heteroatoms. The Morgan fingerprint density at radius 1 is 1.28 bits per heavy atom. The number of hydrogen-bond acceptors (Lipinski definition) is 3. The predicted molar refractivity (Wildman–Crippen MR) is 69.2 cm³/mol. The second kappa shape index (κ2) is 6.38. The predicted octanol–water partition coefficient (Wildman–Crippen LogP) is 3.16. The summed E-state index contributed by atoms with van der Waals surface area (Å²) in [4.78, 5) is 11.0. The van der Waals surface area contributed by atoms with E-state index in [9.17, 15) is 4.79 Å². The van der Waals surface area contributed by atoms with Crippen molar-refractivity contribution in [3.8, 4) is 0 Å². The zero-order chi connectivity index (χ0) is 12.8. The van der Waals surface area contributed by atoms with Gasteiger partial charge in [0.15, 0.2) is 0 Å². The van der Waals surface area contributed by atoms with Crippen molar-refractivity contribution in [1.82, 2.24) is 5.16 Å². The van der Waals surface area contributed by atoms with Crippen molar-refractivity contribution < 1.29 is 9.32 Å². The van der Waals surface area contributed by atoms with Gasteiger partial charge in [-0.15, -0.1) is 0 Å². The molecular formula is C14H20N2O2. The number of allylic oxidation sites excluding steroid dienone is 2. The summed E-state index contributed by atoms with van der Waals surface area (Å²) in [6, 6.07) is 1.67. The van der Waals surface area contributed by atoms with E-state index in [-0.39, 0.29) is 11.7 Å². The fourth-order valence-electron chi connectivity index (χ4n) is 2.34. The Kier molecular flexibility index (Phi) is 4.56. The van der Waals surface area contributed by atoms with Gasteiger partial charge >= 0.3 is 0 Å². The third-order valence-electron chi connectivity index (χ3n) is 3.41. The number of amides is 1. The van der Waals surface area contributed by atoms with Crippen molar-refractivity contribution in [3.63, 3.8) is 0 Å². The topological polar surface area (TPSA) is 69.1 Å². The minimum Gasteiger partial charge on any atom is -0.363 e. The minimum absolute atomic E-state index is 0.149. The third kappa shape index (κ3) is 3.45. The number of nitrogens with two attached hydrogens (primary N) is 1. The summed E-state index contributed by atoms with van der Waals surface area (Å²) >= 11 is 0. The number of rotatable bonds is 2. The van der Waals surface area contributed by atoms with Crippen LogP contribution in [0.15, 0.2) is 22.7 Å². The molecule has 0 aromatic carbocycles. The van der Waals surface area contributed by atoms with Crippen LogP contribution in [0.3, 0.4) is 0 Å². The van der Waals surface area contributed by atoms with E-state index >= 15 is 0 Å². The summed E-state index contributed by atoms with van der Waals surface area (Å²) in [6.07, 6.45) is 12.9. The maximum Gasteiger partial charge on any atom is 0.287 e. The second-order valence-electron chi connectivity index (χ2n) is 4.86. The van der Waals surface area contributed by atoms with Gasteiger partial charge in [0.25, 0.3) is 5.91 Å². The van der Waals surface area contributed by atoms with E-state index in [2.05, 4.69) is 17.3 Å². The van der Waals surface area contributed by atoms with Crippen LogP contribution in [0.4, 0.5) is 0 Å². The molecule has 1 aromatic heterocycles. The van der Waals surface area contributed by atoms with Crippen LogP contribution >= 0.6 is 0 Å². The summed E-state index contributed by atoms with van der Waals surface area (Å²) in [5, 5.41) is 3.96. The van der Waals surface area contributed by atoms with Crippen LogP contribution in [0.2, 0.25) is 0 Å². The average molecular weight is 248 g/mol. The highest BCUT2D eigenvalue weighted by molar-refractivity contribution is 5.89. The fraction of sp³-hybridized carbons (Fsp3) is 0.571. The van der Waals surface area contributed by atoms with E-state index in [4.69, 9.17) is 10.3 Å². The Labute approximate surface area is 107 Å². The molecule has 1 aromatic rings. The maximum absolute atomic E-state index is 11.0. The molecule has 98 valence electrons. The van der Waals surface area contributed by atoms with E-state index < -0.39 is 5.91 Å². The number of carbonyl (C=O) groups excluding carboxylic acids is 1. The number of aromatic nitrogens is 1. The van der Waals surface area contributed by atoms with Gasteiger partial charge in [0.1, 0.15) is 0 Å². The minimum atomic E-state index is -0.558. The highest BCUT2D eigenvalue weighted by Gasteiger charge is 2.16. The molecule has 0 saturated heterocycles. The smallest absolute Gasteiger partial charge is 0.287 e. The van der Waals surface area contributed by atoms with Crippen molar-refractivity contribution in [2.45, 2.75) is 50.9 Å². The van der Waals surface area contributed by atoms with Crippen molar-refractivity contribution in [2.24, 2.45) is 5.73 Å². The van der Waals surface area contributed by atoms with E-state index in [1.807, 2.05) is 0 Å². The summed E-state index contributed by atoms with van der Waals surface area (Å²) < 4.78 is 4.95. The van der Waals surface area contributed by atoms with Gasteiger partial charge < -0.3 is 10.3 Å². The Morgan fingerprint density at radius 2 is 2.06 bits per heavy atom. The molecule has 0 bridgehead atoms. The zero-order valence-electron chi connectivity index (χ0n) is 10.6. The highest BCUT2D eigenvalue weighted by atomic mass is 16.5. The van der Waals surface area contributed by atoms with Crippen LogP contribution in [0.25, 0.3) is 0 Å². The molecule has 18 heavy (non-hydrogen) atoms. The Bertz CT molecular complexity index is 423. The molecule has 0 fully saturated rings. The first-order valence-electron chi connectivity index (χ1n) is 6.70. The first kappa shape index (κ1) is 12.9. The van der Waals surface area contributed by atoms with Gasteiger partial charge in [-0.05, 0) is 19.3 Å². The number of nitrogens with zero attached hydrogens (tertiary/aromatic N) is 1. The van der Waals surface area contributed by atoms with Crippen molar-refractivity contribution >= 4 is 5.91 Å². The van der Waals surface area contributed by atoms with E-state index in [0.717, 1.165) is 18.5 Å². The molecule has 1 amide bonds. The second-order valence-corrected chi connectivity index (χ2v) is 4.86. The van der Waals surface area contributed by atoms with Crippen molar-refractivity contribution in [3.05, 3.63) is 29.7 Å². The molecule has 1 aliphatic rings. The summed E-state index contributed by atoms with van der Waals surface area (Å²) in [7, 11) is 0. The molecule has 0 spiro atoms. The normalized spacial score (nSPS) is 21.7. The number of carbonyl (C=O) groups is 1.